The molecule has 96 valence electrons. The number of Topliss-reactive ketones (excluding diaryl/α,β-unsaturated/α-hetero) is 1. The Morgan fingerprint density at radius 1 is 1.18 bits per heavy atom. The normalized spacial score (nSPS) is 12.5. The van der Waals surface area contributed by atoms with Crippen LogP contribution in [0, 0.1) is 0 Å². The summed E-state index contributed by atoms with van der Waals surface area (Å²) in [5.41, 5.74) is 0.609. The summed E-state index contributed by atoms with van der Waals surface area (Å²) in [6, 6.07) is 6.73. The molecule has 1 rings (SSSR count). The van der Waals surface area contributed by atoms with Crippen LogP contribution in [0.2, 0.25) is 0 Å². The molecule has 0 aliphatic rings. The molecule has 0 bridgehead atoms. The van der Waals surface area contributed by atoms with Crippen LogP contribution in [0.25, 0.3) is 0 Å². The van der Waals surface area contributed by atoms with Crippen molar-refractivity contribution in [3.05, 3.63) is 29.8 Å². The Morgan fingerprint density at radius 3 is 2.00 bits per heavy atom. The predicted molar refractivity (Wildman–Crippen MR) is 69.9 cm³/mol. The number of ketones is 1. The molecule has 0 saturated heterocycles. The molecule has 5 heteroatoms. The molecule has 0 unspecified atom stereocenters. The van der Waals surface area contributed by atoms with Gasteiger partial charge < -0.3 is 0 Å². The van der Waals surface area contributed by atoms with Crippen molar-refractivity contribution >= 4 is 19.0 Å². The van der Waals surface area contributed by atoms with E-state index in [9.17, 15) is 9.69 Å². The minimum absolute atomic E-state index is 0.00502. The third kappa shape index (κ3) is 3.58. The van der Waals surface area contributed by atoms with Gasteiger partial charge in [0.25, 0.3) is 0 Å². The fraction of sp³-hybridized carbons (Fsp3) is 0.417. The summed E-state index contributed by atoms with van der Waals surface area (Å²) in [5, 5.41) is 0.617. The Balaban J connectivity index is 2.98. The molecule has 0 atom stereocenters. The summed E-state index contributed by atoms with van der Waals surface area (Å²) < 4.78 is 10.7. The second-order valence-corrected chi connectivity index (χ2v) is 5.90. The Bertz CT molecular complexity index is 369. The van der Waals surface area contributed by atoms with Crippen LogP contribution < -0.4 is 5.30 Å². The van der Waals surface area contributed by atoms with Crippen LogP contribution in [0.5, 0.6) is 0 Å². The van der Waals surface area contributed by atoms with Gasteiger partial charge in [-0.15, -0.1) is 0 Å². The Kier molecular flexibility index (Phi) is 5.22. The second kappa shape index (κ2) is 6.22. The third-order valence-electron chi connectivity index (χ3n) is 2.34. The van der Waals surface area contributed by atoms with Crippen molar-refractivity contribution in [1.29, 1.82) is 0 Å². The zero-order valence-electron chi connectivity index (χ0n) is 10.4. The maximum absolute atomic E-state index is 11.1. The van der Waals surface area contributed by atoms with E-state index in [1.165, 1.54) is 6.92 Å². The number of hydrogen-bond acceptors (Lipinski definition) is 4. The van der Waals surface area contributed by atoms with Crippen LogP contribution in [-0.2, 0) is 9.05 Å². The van der Waals surface area contributed by atoms with Gasteiger partial charge in [-0.1, -0.05) is 0 Å². The third-order valence-corrected chi connectivity index (χ3v) is 4.76. The van der Waals surface area contributed by atoms with E-state index in [-0.39, 0.29) is 5.78 Å². The molecule has 4 nitrogen and oxygen atoms in total. The second-order valence-electron chi connectivity index (χ2n) is 3.58. The number of rotatable bonds is 6. The summed E-state index contributed by atoms with van der Waals surface area (Å²) in [6.07, 6.45) is 0. The molecular formula is C12H19O4P. The summed E-state index contributed by atoms with van der Waals surface area (Å²) in [6.45, 7) is 5.89. The van der Waals surface area contributed by atoms with Gasteiger partial charge in [0.2, 0.25) is 0 Å². The van der Waals surface area contributed by atoms with Crippen LogP contribution in [0.4, 0.5) is 0 Å². The monoisotopic (exact) mass is 258 g/mol. The van der Waals surface area contributed by atoms with Crippen LogP contribution in [-0.4, -0.2) is 23.9 Å². The van der Waals surface area contributed by atoms with Gasteiger partial charge in [-0.2, -0.15) is 0 Å². The summed E-state index contributed by atoms with van der Waals surface area (Å²) >= 11 is 0. The SMILES string of the molecule is CCO[PH](O)(OCC)c1ccc(C(C)=O)cc1. The zero-order chi connectivity index (χ0) is 12.9. The van der Waals surface area contributed by atoms with Crippen molar-refractivity contribution in [2.24, 2.45) is 0 Å². The fourth-order valence-electron chi connectivity index (χ4n) is 1.52. The van der Waals surface area contributed by atoms with E-state index < -0.39 is 7.94 Å². The average molecular weight is 258 g/mol. The van der Waals surface area contributed by atoms with Gasteiger partial charge >= 0.3 is 102 Å². The molecule has 0 aromatic heterocycles. The molecule has 0 aliphatic heterocycles. The van der Waals surface area contributed by atoms with Gasteiger partial charge in [0.05, 0.1) is 0 Å². The first-order chi connectivity index (χ1) is 8.03. The van der Waals surface area contributed by atoms with Gasteiger partial charge in [0, 0.05) is 0 Å². The fourth-order valence-corrected chi connectivity index (χ4v) is 3.30. The van der Waals surface area contributed by atoms with Gasteiger partial charge in [-0.25, -0.2) is 0 Å². The van der Waals surface area contributed by atoms with E-state index in [0.717, 1.165) is 0 Å². The number of carbonyl (C=O) groups is 1. The molecule has 1 N–H and O–H groups in total. The first-order valence-electron chi connectivity index (χ1n) is 5.65. The van der Waals surface area contributed by atoms with E-state index in [1.54, 1.807) is 38.1 Å². The molecule has 0 radical (unpaired) electrons. The van der Waals surface area contributed by atoms with Gasteiger partial charge in [0.15, 0.2) is 0 Å². The van der Waals surface area contributed by atoms with E-state index in [0.29, 0.717) is 24.1 Å². The van der Waals surface area contributed by atoms with Gasteiger partial charge in [0.1, 0.15) is 0 Å². The van der Waals surface area contributed by atoms with Crippen LogP contribution in [0.15, 0.2) is 24.3 Å². The molecule has 0 heterocycles. The quantitative estimate of drug-likeness (QED) is 0.627. The Hall–Kier alpha value is -0.800. The molecule has 1 aromatic carbocycles. The molecule has 0 saturated carbocycles. The van der Waals surface area contributed by atoms with Gasteiger partial charge in [-0.05, 0) is 0 Å². The molecular weight excluding hydrogens is 239 g/mol. The van der Waals surface area contributed by atoms with Crippen LogP contribution in [0.1, 0.15) is 31.1 Å². The molecule has 0 fully saturated rings. The van der Waals surface area contributed by atoms with Crippen molar-refractivity contribution in [3.63, 3.8) is 0 Å². The maximum atomic E-state index is 11.1. The number of benzene rings is 1. The Labute approximate surface area is 102 Å². The first-order valence-corrected chi connectivity index (χ1v) is 7.41. The van der Waals surface area contributed by atoms with Crippen molar-refractivity contribution in [2.75, 3.05) is 13.2 Å². The van der Waals surface area contributed by atoms with E-state index in [4.69, 9.17) is 9.05 Å². The molecule has 1 aromatic rings. The zero-order valence-corrected chi connectivity index (χ0v) is 11.4. The van der Waals surface area contributed by atoms with Crippen molar-refractivity contribution in [2.45, 2.75) is 20.8 Å². The Morgan fingerprint density at radius 2 is 1.65 bits per heavy atom. The summed E-state index contributed by atoms with van der Waals surface area (Å²) in [7, 11) is -3.29. The molecule has 0 spiro atoms. The molecule has 0 amide bonds. The van der Waals surface area contributed by atoms with Gasteiger partial charge in [-0.3, -0.25) is 0 Å². The minimum atomic E-state index is -3.29. The van der Waals surface area contributed by atoms with Crippen LogP contribution in [0.3, 0.4) is 0 Å². The topological polar surface area (TPSA) is 55.8 Å². The van der Waals surface area contributed by atoms with Crippen molar-refractivity contribution in [3.8, 4) is 0 Å². The van der Waals surface area contributed by atoms with Crippen molar-refractivity contribution < 1.29 is 18.7 Å². The van der Waals surface area contributed by atoms with Crippen molar-refractivity contribution in [1.82, 2.24) is 0 Å². The summed E-state index contributed by atoms with van der Waals surface area (Å²) in [4.78, 5) is 21.5. The standard InChI is InChI=1S/C12H19O4P/c1-4-15-17(14,16-5-2)12-8-6-11(7-9-12)10(3)13/h6-9,14,17H,4-5H2,1-3H3. The molecule has 17 heavy (non-hydrogen) atoms. The van der Waals surface area contributed by atoms with E-state index >= 15 is 0 Å². The predicted octanol–water partition coefficient (Wildman–Crippen LogP) is 2.07. The number of hydrogen-bond donors (Lipinski definition) is 1. The molecule has 0 aliphatic carbocycles. The van der Waals surface area contributed by atoms with Crippen LogP contribution >= 0.6 is 7.94 Å². The summed E-state index contributed by atoms with van der Waals surface area (Å²) in [5.74, 6) is -0.00502. The number of carbonyl (C=O) groups excluding carboxylic acids is 1. The first kappa shape index (κ1) is 14.3. The van der Waals surface area contributed by atoms with E-state index in [2.05, 4.69) is 0 Å². The van der Waals surface area contributed by atoms with E-state index in [1.807, 2.05) is 0 Å². The average Bonchev–Trinajstić information content (AvgIpc) is 2.30.